The molecule has 2 unspecified atom stereocenters. The first-order valence-corrected chi connectivity index (χ1v) is 5.07. The van der Waals surface area contributed by atoms with Crippen molar-refractivity contribution in [2.45, 2.75) is 32.4 Å². The van der Waals surface area contributed by atoms with Gasteiger partial charge in [0.25, 0.3) is 0 Å². The summed E-state index contributed by atoms with van der Waals surface area (Å²) in [6, 6.07) is -1.39. The normalized spacial score (nSPS) is 15.5. The lowest BCUT2D eigenvalue weighted by Gasteiger charge is -2.19. The van der Waals surface area contributed by atoms with Crippen LogP contribution < -0.4 is 5.32 Å². The molecule has 0 saturated carbocycles. The van der Waals surface area contributed by atoms with Crippen LogP contribution in [0.1, 0.15) is 20.3 Å². The number of methoxy groups -OCH3 is 1. The van der Waals surface area contributed by atoms with Crippen LogP contribution in [-0.4, -0.2) is 47.3 Å². The van der Waals surface area contributed by atoms with Gasteiger partial charge in [0, 0.05) is 5.92 Å². The van der Waals surface area contributed by atoms with Crippen molar-refractivity contribution in [1.29, 1.82) is 0 Å². The number of ether oxygens (including phenoxy) is 1. The Morgan fingerprint density at radius 3 is 2.18 bits per heavy atom. The van der Waals surface area contributed by atoms with Crippen LogP contribution >= 0.6 is 0 Å². The molecule has 98 valence electrons. The van der Waals surface area contributed by atoms with E-state index in [1.165, 1.54) is 21.0 Å². The molecular formula is C10H17NO6. The minimum Gasteiger partial charge on any atom is -0.480 e. The van der Waals surface area contributed by atoms with Crippen LogP contribution in [0.25, 0.3) is 0 Å². The van der Waals surface area contributed by atoms with Crippen LogP contribution in [0.15, 0.2) is 0 Å². The highest BCUT2D eigenvalue weighted by Crippen LogP contribution is 2.05. The second kappa shape index (κ2) is 6.85. The Labute approximate surface area is 98.8 Å². The van der Waals surface area contributed by atoms with E-state index in [4.69, 9.17) is 10.2 Å². The summed E-state index contributed by atoms with van der Waals surface area (Å²) < 4.78 is 4.39. The van der Waals surface area contributed by atoms with Crippen molar-refractivity contribution in [2.75, 3.05) is 7.11 Å². The average molecular weight is 247 g/mol. The van der Waals surface area contributed by atoms with Crippen molar-refractivity contribution in [1.82, 2.24) is 5.32 Å². The zero-order chi connectivity index (χ0) is 13.6. The van der Waals surface area contributed by atoms with E-state index >= 15 is 0 Å². The first kappa shape index (κ1) is 15.4. The monoisotopic (exact) mass is 247 g/mol. The molecule has 0 aliphatic carbocycles. The van der Waals surface area contributed by atoms with Crippen LogP contribution in [0, 0.1) is 5.92 Å². The predicted molar refractivity (Wildman–Crippen MR) is 57.0 cm³/mol. The van der Waals surface area contributed by atoms with E-state index in [1.54, 1.807) is 0 Å². The minimum absolute atomic E-state index is 0.144. The van der Waals surface area contributed by atoms with E-state index in [0.717, 1.165) is 0 Å². The zero-order valence-electron chi connectivity index (χ0n) is 9.97. The molecule has 17 heavy (non-hydrogen) atoms. The Bertz CT molecular complexity index is 301. The molecule has 0 fully saturated rings. The summed E-state index contributed by atoms with van der Waals surface area (Å²) >= 11 is 0. The highest BCUT2D eigenvalue weighted by Gasteiger charge is 2.27. The smallest absolute Gasteiger partial charge is 0.328 e. The van der Waals surface area contributed by atoms with Gasteiger partial charge in [0.1, 0.15) is 0 Å². The molecule has 7 heteroatoms. The maximum absolute atomic E-state index is 11.5. The van der Waals surface area contributed by atoms with Crippen LogP contribution in [0.4, 0.5) is 0 Å². The summed E-state index contributed by atoms with van der Waals surface area (Å²) in [5.74, 6) is -3.23. The number of carboxylic acid groups (broad SMARTS) is 1. The van der Waals surface area contributed by atoms with Gasteiger partial charge in [-0.1, -0.05) is 6.92 Å². The SMILES string of the molecule is COC(=O)CC(C)C(=O)N[C@H](C(=O)O)C(C)O. The number of carboxylic acids is 1. The highest BCUT2D eigenvalue weighted by atomic mass is 16.5. The molecule has 0 aromatic heterocycles. The van der Waals surface area contributed by atoms with Crippen LogP contribution in [0.2, 0.25) is 0 Å². The van der Waals surface area contributed by atoms with E-state index in [9.17, 15) is 14.4 Å². The van der Waals surface area contributed by atoms with E-state index in [0.29, 0.717) is 0 Å². The molecule has 3 atom stereocenters. The summed E-state index contributed by atoms with van der Waals surface area (Å²) in [5.41, 5.74) is 0. The molecule has 3 N–H and O–H groups in total. The average Bonchev–Trinajstić information content (AvgIpc) is 2.23. The number of aliphatic hydroxyl groups excluding tert-OH is 1. The number of nitrogens with one attached hydrogen (secondary N) is 1. The van der Waals surface area contributed by atoms with Gasteiger partial charge in [-0.05, 0) is 6.92 Å². The zero-order valence-corrected chi connectivity index (χ0v) is 9.97. The summed E-state index contributed by atoms with van der Waals surface area (Å²) in [6.07, 6.45) is -1.36. The van der Waals surface area contributed by atoms with Crippen molar-refractivity contribution in [2.24, 2.45) is 5.92 Å². The summed E-state index contributed by atoms with van der Waals surface area (Å²) in [6.45, 7) is 2.72. The van der Waals surface area contributed by atoms with Gasteiger partial charge in [-0.15, -0.1) is 0 Å². The number of aliphatic hydroxyl groups is 1. The van der Waals surface area contributed by atoms with Gasteiger partial charge in [0.05, 0.1) is 19.6 Å². The fourth-order valence-corrected chi connectivity index (χ4v) is 1.11. The van der Waals surface area contributed by atoms with Gasteiger partial charge in [0.2, 0.25) is 5.91 Å². The third kappa shape index (κ3) is 5.30. The molecule has 0 aliphatic rings. The van der Waals surface area contributed by atoms with Gasteiger partial charge in [0.15, 0.2) is 6.04 Å². The maximum Gasteiger partial charge on any atom is 0.328 e. The second-order valence-corrected chi connectivity index (χ2v) is 3.75. The van der Waals surface area contributed by atoms with Crippen molar-refractivity contribution in [3.05, 3.63) is 0 Å². The number of rotatable bonds is 6. The van der Waals surface area contributed by atoms with Crippen LogP contribution in [-0.2, 0) is 19.1 Å². The third-order valence-electron chi connectivity index (χ3n) is 2.19. The lowest BCUT2D eigenvalue weighted by atomic mass is 10.1. The third-order valence-corrected chi connectivity index (χ3v) is 2.19. The van der Waals surface area contributed by atoms with Crippen LogP contribution in [0.3, 0.4) is 0 Å². The molecule has 0 saturated heterocycles. The standard InChI is InChI=1S/C10H17NO6/c1-5(4-7(13)17-3)9(14)11-8(6(2)12)10(15)16/h5-6,8,12H,4H2,1-3H3,(H,11,14)(H,15,16)/t5?,6?,8-/m0/s1. The number of aliphatic carboxylic acids is 1. The number of carbonyl (C=O) groups is 3. The molecule has 0 aromatic carbocycles. The Morgan fingerprint density at radius 1 is 1.29 bits per heavy atom. The molecule has 1 amide bonds. The molecule has 0 aromatic rings. The first-order chi connectivity index (χ1) is 7.79. The Balaban J connectivity index is 4.41. The number of amides is 1. The Morgan fingerprint density at radius 2 is 1.82 bits per heavy atom. The number of carbonyl (C=O) groups excluding carboxylic acids is 2. The quantitative estimate of drug-likeness (QED) is 0.526. The molecule has 7 nitrogen and oxygen atoms in total. The van der Waals surface area contributed by atoms with Crippen molar-refractivity contribution in [3.8, 4) is 0 Å². The van der Waals surface area contributed by atoms with Crippen molar-refractivity contribution in [3.63, 3.8) is 0 Å². The lowest BCUT2D eigenvalue weighted by molar-refractivity contribution is -0.146. The fourth-order valence-electron chi connectivity index (χ4n) is 1.11. The predicted octanol–water partition coefficient (Wildman–Crippen LogP) is -0.864. The van der Waals surface area contributed by atoms with Gasteiger partial charge >= 0.3 is 11.9 Å². The van der Waals surface area contributed by atoms with Gasteiger partial charge in [-0.3, -0.25) is 9.59 Å². The molecule has 0 aliphatic heterocycles. The number of esters is 1. The Hall–Kier alpha value is -1.63. The van der Waals surface area contributed by atoms with Crippen molar-refractivity contribution < 1.29 is 29.3 Å². The molecule has 0 radical (unpaired) electrons. The van der Waals surface area contributed by atoms with E-state index in [-0.39, 0.29) is 6.42 Å². The molecular weight excluding hydrogens is 230 g/mol. The number of hydrogen-bond donors (Lipinski definition) is 3. The molecule has 0 heterocycles. The van der Waals surface area contributed by atoms with E-state index in [1.807, 2.05) is 0 Å². The topological polar surface area (TPSA) is 113 Å². The van der Waals surface area contributed by atoms with E-state index < -0.39 is 35.9 Å². The summed E-state index contributed by atoms with van der Waals surface area (Å²) in [7, 11) is 1.20. The van der Waals surface area contributed by atoms with Crippen LogP contribution in [0.5, 0.6) is 0 Å². The Kier molecular flexibility index (Phi) is 6.19. The second-order valence-electron chi connectivity index (χ2n) is 3.75. The molecule has 0 spiro atoms. The van der Waals surface area contributed by atoms with Gasteiger partial charge < -0.3 is 20.3 Å². The summed E-state index contributed by atoms with van der Waals surface area (Å²) in [5, 5.41) is 20.0. The first-order valence-electron chi connectivity index (χ1n) is 5.07. The van der Waals surface area contributed by atoms with Gasteiger partial charge in [-0.2, -0.15) is 0 Å². The summed E-state index contributed by atoms with van der Waals surface area (Å²) in [4.78, 5) is 33.1. The number of hydrogen-bond acceptors (Lipinski definition) is 5. The van der Waals surface area contributed by atoms with Gasteiger partial charge in [-0.25, -0.2) is 4.79 Å². The minimum atomic E-state index is -1.39. The maximum atomic E-state index is 11.5. The molecule has 0 bridgehead atoms. The highest BCUT2D eigenvalue weighted by molar-refractivity contribution is 5.87. The fraction of sp³-hybridized carbons (Fsp3) is 0.700. The molecule has 0 rings (SSSR count). The van der Waals surface area contributed by atoms with Crippen molar-refractivity contribution >= 4 is 17.8 Å². The van der Waals surface area contributed by atoms with E-state index in [2.05, 4.69) is 10.1 Å². The largest absolute Gasteiger partial charge is 0.480 e. The lowest BCUT2D eigenvalue weighted by Crippen LogP contribution is -2.49.